The topological polar surface area (TPSA) is 265 Å². The summed E-state index contributed by atoms with van der Waals surface area (Å²) in [6, 6.07) is 21.2. The van der Waals surface area contributed by atoms with Crippen molar-refractivity contribution in [3.05, 3.63) is 121 Å². The number of fused-ring (bicyclic) bond motifs is 2. The largest absolute Gasteiger partial charge is 0.493 e. The number of hydrogen-bond donors (Lipinski definition) is 4. The summed E-state index contributed by atoms with van der Waals surface area (Å²) in [4.78, 5) is 50.0. The Bertz CT molecular complexity index is 2610. The molecule has 6 aromatic heterocycles. The molecule has 0 unspecified atom stereocenters. The Morgan fingerprint density at radius 2 is 0.934 bits per heavy atom. The quantitative estimate of drug-likeness (QED) is 0.121. The van der Waals surface area contributed by atoms with E-state index >= 15 is 0 Å². The van der Waals surface area contributed by atoms with Gasteiger partial charge in [-0.2, -0.15) is 0 Å². The molecular formula is C40H40Cl2N12O7. The van der Waals surface area contributed by atoms with Crippen molar-refractivity contribution in [3.8, 4) is 45.5 Å². The molecule has 8 aromatic rings. The van der Waals surface area contributed by atoms with E-state index < -0.39 is 11.8 Å². The van der Waals surface area contributed by atoms with Gasteiger partial charge in [-0.05, 0) is 60.7 Å². The van der Waals surface area contributed by atoms with Gasteiger partial charge in [-0.1, -0.05) is 0 Å². The highest BCUT2D eigenvalue weighted by Crippen LogP contribution is 2.34. The molecule has 0 saturated heterocycles. The number of rotatable bonds is 12. The Balaban J connectivity index is 0.000000256. The number of halogens is 2. The van der Waals surface area contributed by atoms with Gasteiger partial charge in [0, 0.05) is 60.4 Å². The van der Waals surface area contributed by atoms with Crippen molar-refractivity contribution in [1.29, 1.82) is 0 Å². The van der Waals surface area contributed by atoms with Crippen molar-refractivity contribution >= 4 is 71.5 Å². The number of pyridine rings is 2. The zero-order valence-corrected chi connectivity index (χ0v) is 34.5. The molecule has 0 saturated carbocycles. The van der Waals surface area contributed by atoms with Gasteiger partial charge in [0.25, 0.3) is 11.8 Å². The van der Waals surface area contributed by atoms with Gasteiger partial charge in [-0.3, -0.25) is 18.4 Å². The monoisotopic (exact) mass is 870 g/mol. The molecule has 0 spiro atoms. The van der Waals surface area contributed by atoms with E-state index in [-0.39, 0.29) is 41.4 Å². The second-order valence-electron chi connectivity index (χ2n) is 12.2. The molecule has 0 aliphatic carbocycles. The van der Waals surface area contributed by atoms with Crippen molar-refractivity contribution in [2.24, 2.45) is 11.5 Å². The number of primary amides is 2. The van der Waals surface area contributed by atoms with Crippen LogP contribution in [0.5, 0.6) is 23.0 Å². The highest BCUT2D eigenvalue weighted by atomic mass is 35.5. The van der Waals surface area contributed by atoms with Gasteiger partial charge in [0.05, 0.1) is 51.0 Å². The third kappa shape index (κ3) is 9.77. The van der Waals surface area contributed by atoms with Crippen LogP contribution in [0.4, 0.5) is 23.5 Å². The lowest BCUT2D eigenvalue weighted by atomic mass is 10.1. The molecule has 316 valence electrons. The maximum atomic E-state index is 11.7. The highest BCUT2D eigenvalue weighted by Gasteiger charge is 2.17. The van der Waals surface area contributed by atoms with Crippen LogP contribution in [0.15, 0.2) is 110 Å². The summed E-state index contributed by atoms with van der Waals surface area (Å²) in [7, 11) is 6.31. The Hall–Kier alpha value is -7.74. The number of benzene rings is 2. The molecule has 21 heteroatoms. The average Bonchev–Trinajstić information content (AvgIpc) is 3.94. The summed E-state index contributed by atoms with van der Waals surface area (Å²) in [6.45, 7) is 0. The van der Waals surface area contributed by atoms with Crippen LogP contribution in [-0.4, -0.2) is 84.4 Å². The number of carbonyl (C=O) groups excluding carboxylic acids is 2. The highest BCUT2D eigenvalue weighted by molar-refractivity contribution is 5.98. The van der Waals surface area contributed by atoms with Crippen LogP contribution in [0, 0.1) is 0 Å². The lowest BCUT2D eigenvalue weighted by molar-refractivity contribution is 0.0992. The Morgan fingerprint density at radius 1 is 0.541 bits per heavy atom. The summed E-state index contributed by atoms with van der Waals surface area (Å²) in [6.07, 6.45) is 9.98. The van der Waals surface area contributed by atoms with Crippen LogP contribution in [0.25, 0.3) is 33.8 Å². The number of aromatic nitrogens is 8. The van der Waals surface area contributed by atoms with E-state index in [0.29, 0.717) is 69.2 Å². The number of nitrogens with one attached hydrogen (secondary N) is 2. The fourth-order valence-corrected chi connectivity index (χ4v) is 5.93. The van der Waals surface area contributed by atoms with Crippen LogP contribution >= 0.6 is 24.8 Å². The smallest absolute Gasteiger partial charge is 0.252 e. The van der Waals surface area contributed by atoms with Crippen LogP contribution in [0.3, 0.4) is 0 Å². The first kappa shape index (κ1) is 46.0. The maximum Gasteiger partial charge on any atom is 0.252 e. The molecular weight excluding hydrogens is 831 g/mol. The second-order valence-corrected chi connectivity index (χ2v) is 12.2. The van der Waals surface area contributed by atoms with Crippen LogP contribution in [-0.2, 0) is 0 Å². The molecule has 0 aliphatic rings. The molecule has 0 radical (unpaired) electrons. The Morgan fingerprint density at radius 3 is 1.30 bits per heavy atom. The minimum atomic E-state index is -0.585. The molecule has 8 rings (SSSR count). The van der Waals surface area contributed by atoms with Crippen LogP contribution in [0.2, 0.25) is 0 Å². The van der Waals surface area contributed by atoms with Gasteiger partial charge < -0.3 is 46.5 Å². The standard InChI is InChI=1S/2C20H18N6O3.2ClH.H2O/c2*1-28-15-6-5-12(10-16(15)29-2)14-11-17-22-8-9-26(17)20(24-14)25-19-13(18(21)27)4-3-7-23-19;;;/h2*3-11H,1-2H3,(H2,21,27)(H,23,24,25);2*1H;1H2. The van der Waals surface area contributed by atoms with E-state index in [9.17, 15) is 9.59 Å². The third-order valence-electron chi connectivity index (χ3n) is 8.74. The van der Waals surface area contributed by atoms with Gasteiger partial charge in [0.1, 0.15) is 22.9 Å². The lowest BCUT2D eigenvalue weighted by Gasteiger charge is -2.13. The Kier molecular flexibility index (Phi) is 15.3. The summed E-state index contributed by atoms with van der Waals surface area (Å²) < 4.78 is 24.9. The van der Waals surface area contributed by atoms with Crippen LogP contribution < -0.4 is 41.0 Å². The van der Waals surface area contributed by atoms with E-state index in [1.807, 2.05) is 48.5 Å². The number of hydrogen-bond acceptors (Lipinski definition) is 14. The maximum absolute atomic E-state index is 11.7. The number of nitrogens with zero attached hydrogens (tertiary/aromatic N) is 8. The first-order valence-corrected chi connectivity index (χ1v) is 17.4. The van der Waals surface area contributed by atoms with Gasteiger partial charge in [-0.25, -0.2) is 29.9 Å². The molecule has 0 atom stereocenters. The molecule has 2 aromatic carbocycles. The van der Waals surface area contributed by atoms with E-state index in [0.717, 1.165) is 11.1 Å². The number of methoxy groups -OCH3 is 4. The van der Waals surface area contributed by atoms with E-state index in [2.05, 4.69) is 30.6 Å². The van der Waals surface area contributed by atoms with Gasteiger partial charge >= 0.3 is 0 Å². The lowest BCUT2D eigenvalue weighted by Crippen LogP contribution is -2.15. The number of imidazole rings is 2. The summed E-state index contributed by atoms with van der Waals surface area (Å²) in [5.41, 5.74) is 15.7. The van der Waals surface area contributed by atoms with Crippen molar-refractivity contribution in [2.75, 3.05) is 39.1 Å². The number of carbonyl (C=O) groups is 2. The zero-order chi connectivity index (χ0) is 40.8. The summed E-state index contributed by atoms with van der Waals surface area (Å²) in [5, 5.41) is 6.18. The van der Waals surface area contributed by atoms with E-state index in [1.165, 1.54) is 0 Å². The molecule has 0 fully saturated rings. The van der Waals surface area contributed by atoms with Gasteiger partial charge in [0.2, 0.25) is 11.9 Å². The fourth-order valence-electron chi connectivity index (χ4n) is 5.93. The number of amides is 2. The van der Waals surface area contributed by atoms with Gasteiger partial charge in [0.15, 0.2) is 23.0 Å². The average molecular weight is 872 g/mol. The normalized spacial score (nSPS) is 10.2. The molecule has 0 bridgehead atoms. The summed E-state index contributed by atoms with van der Waals surface area (Å²) >= 11 is 0. The first-order valence-electron chi connectivity index (χ1n) is 17.4. The van der Waals surface area contributed by atoms with Crippen LogP contribution in [0.1, 0.15) is 20.7 Å². The minimum absolute atomic E-state index is 0. The number of ether oxygens (including phenoxy) is 4. The fraction of sp³-hybridized carbons (Fsp3) is 0.100. The molecule has 8 N–H and O–H groups in total. The van der Waals surface area contributed by atoms with Gasteiger partial charge in [-0.15, -0.1) is 24.8 Å². The molecule has 61 heavy (non-hydrogen) atoms. The minimum Gasteiger partial charge on any atom is -0.493 e. The van der Waals surface area contributed by atoms with Crippen molar-refractivity contribution < 1.29 is 34.0 Å². The Labute approximate surface area is 360 Å². The van der Waals surface area contributed by atoms with Crippen molar-refractivity contribution in [1.82, 2.24) is 38.7 Å². The molecule has 0 aliphatic heterocycles. The number of anilines is 4. The van der Waals surface area contributed by atoms with Crippen molar-refractivity contribution in [3.63, 3.8) is 0 Å². The third-order valence-corrected chi connectivity index (χ3v) is 8.74. The van der Waals surface area contributed by atoms with Crippen molar-refractivity contribution in [2.45, 2.75) is 0 Å². The first-order chi connectivity index (χ1) is 28.2. The zero-order valence-electron chi connectivity index (χ0n) is 32.9. The molecule has 6 heterocycles. The predicted molar refractivity (Wildman–Crippen MR) is 233 cm³/mol. The van der Waals surface area contributed by atoms with E-state index in [1.54, 1.807) is 98.7 Å². The molecule has 2 amide bonds. The summed E-state index contributed by atoms with van der Waals surface area (Å²) in [5.74, 6) is 2.75. The predicted octanol–water partition coefficient (Wildman–Crippen LogP) is 5.32. The number of nitrogens with two attached hydrogens (primary N) is 2. The molecule has 19 nitrogen and oxygen atoms in total. The van der Waals surface area contributed by atoms with E-state index in [4.69, 9.17) is 40.4 Å². The second kappa shape index (κ2) is 20.3. The SMILES string of the molecule is COc1ccc(-c2cc3nccn3c(Nc3ncccc3C(N)=O)n2)cc1OC.COc1ccc(-c2cc3nccn3c(Nc3ncccc3C(N)=O)n2)cc1OC.Cl.Cl.O.